The molecule has 2 nitrogen and oxygen atoms in total. The molecule has 0 aliphatic rings. The average Bonchev–Trinajstić information content (AvgIpc) is 2.30. The van der Waals surface area contributed by atoms with Crippen LogP contribution in [0.25, 0.3) is 0 Å². The molecule has 1 aromatic rings. The minimum absolute atomic E-state index is 0.241. The number of hydrogen-bond acceptors (Lipinski definition) is 2. The second-order valence-electron chi connectivity index (χ2n) is 3.50. The summed E-state index contributed by atoms with van der Waals surface area (Å²) in [7, 11) is 1.46. The first-order chi connectivity index (χ1) is 7.36. The van der Waals surface area contributed by atoms with E-state index in [9.17, 15) is 0 Å². The summed E-state index contributed by atoms with van der Waals surface area (Å²) in [6.45, 7) is 2.95. The predicted molar refractivity (Wildman–Crippen MR) is 66.3 cm³/mol. The van der Waals surface area contributed by atoms with Crippen LogP contribution in [0.5, 0.6) is 5.75 Å². The number of benzene rings is 1. The summed E-state index contributed by atoms with van der Waals surface area (Å²) in [5.74, 6) is 0.933. The van der Waals surface area contributed by atoms with E-state index in [4.69, 9.17) is 9.16 Å². The first-order valence-corrected chi connectivity index (χ1v) is 7.15. The summed E-state index contributed by atoms with van der Waals surface area (Å²) in [6, 6.07) is 9.60. The van der Waals surface area contributed by atoms with Crippen molar-refractivity contribution >= 4 is 9.76 Å². The molecule has 0 unspecified atom stereocenters. The molecule has 15 heavy (non-hydrogen) atoms. The second kappa shape index (κ2) is 7.48. The molecule has 0 saturated heterocycles. The fraction of sp³-hybridized carbons (Fsp3) is 0.500. The third kappa shape index (κ3) is 5.00. The molecule has 1 aromatic carbocycles. The number of ether oxygens (including phenoxy) is 1. The second-order valence-corrected chi connectivity index (χ2v) is 5.03. The summed E-state index contributed by atoms with van der Waals surface area (Å²) < 4.78 is 10.5. The van der Waals surface area contributed by atoms with Crippen molar-refractivity contribution in [2.24, 2.45) is 0 Å². The summed E-state index contributed by atoms with van der Waals surface area (Å²) in [5.41, 5.74) is 1.39. The predicted octanol–water partition coefficient (Wildman–Crippen LogP) is 2.17. The Labute approximate surface area is 94.5 Å². The molecule has 0 heterocycles. The van der Waals surface area contributed by atoms with Crippen molar-refractivity contribution in [2.75, 3.05) is 13.7 Å². The standard InChI is InChI=1S/C12H20O2Si/c1-3-14-15-10-4-5-11-6-8-12(13-2)9-7-11/h6-9H,3-5,10,15H2,1-2H3. The minimum Gasteiger partial charge on any atom is -0.497 e. The van der Waals surface area contributed by atoms with Gasteiger partial charge in [0.1, 0.15) is 5.75 Å². The Morgan fingerprint density at radius 3 is 2.53 bits per heavy atom. The molecule has 0 radical (unpaired) electrons. The molecule has 84 valence electrons. The van der Waals surface area contributed by atoms with E-state index < -0.39 is 0 Å². The van der Waals surface area contributed by atoms with Gasteiger partial charge in [-0.05, 0) is 37.1 Å². The molecule has 0 aliphatic carbocycles. The third-order valence-corrected chi connectivity index (χ3v) is 3.85. The topological polar surface area (TPSA) is 18.5 Å². The van der Waals surface area contributed by atoms with Gasteiger partial charge in [-0.1, -0.05) is 18.6 Å². The van der Waals surface area contributed by atoms with Gasteiger partial charge in [0.05, 0.1) is 7.11 Å². The van der Waals surface area contributed by atoms with Gasteiger partial charge in [0.15, 0.2) is 9.76 Å². The van der Waals surface area contributed by atoms with Crippen LogP contribution in [0.3, 0.4) is 0 Å². The van der Waals surface area contributed by atoms with E-state index in [1.54, 1.807) is 7.11 Å². The average molecular weight is 224 g/mol. The Kier molecular flexibility index (Phi) is 6.12. The number of aryl methyl sites for hydroxylation is 1. The quantitative estimate of drug-likeness (QED) is 0.522. The number of hydrogen-bond donors (Lipinski definition) is 0. The molecule has 0 aliphatic heterocycles. The highest BCUT2D eigenvalue weighted by Gasteiger charge is 1.95. The first kappa shape index (κ1) is 12.3. The van der Waals surface area contributed by atoms with Gasteiger partial charge < -0.3 is 9.16 Å². The SMILES string of the molecule is CCO[SiH2]CCCc1ccc(OC)cc1. The summed E-state index contributed by atoms with van der Waals surface area (Å²) in [4.78, 5) is 0. The third-order valence-electron chi connectivity index (χ3n) is 2.37. The molecule has 1 rings (SSSR count). The van der Waals surface area contributed by atoms with Gasteiger partial charge >= 0.3 is 0 Å². The van der Waals surface area contributed by atoms with E-state index >= 15 is 0 Å². The summed E-state index contributed by atoms with van der Waals surface area (Å²) in [6.07, 6.45) is 2.41. The van der Waals surface area contributed by atoms with E-state index in [1.165, 1.54) is 18.0 Å². The molecule has 0 bridgehead atoms. The van der Waals surface area contributed by atoms with Crippen molar-refractivity contribution in [1.82, 2.24) is 0 Å². The van der Waals surface area contributed by atoms with E-state index in [0.29, 0.717) is 0 Å². The maximum absolute atomic E-state index is 5.43. The molecule has 0 N–H and O–H groups in total. The highest BCUT2D eigenvalue weighted by atomic mass is 28.2. The van der Waals surface area contributed by atoms with Gasteiger partial charge in [0, 0.05) is 6.61 Å². The normalized spacial score (nSPS) is 11.1. The van der Waals surface area contributed by atoms with Gasteiger partial charge in [-0.2, -0.15) is 0 Å². The highest BCUT2D eigenvalue weighted by molar-refractivity contribution is 6.26. The minimum atomic E-state index is -0.241. The van der Waals surface area contributed by atoms with Gasteiger partial charge in [-0.25, -0.2) is 0 Å². The Balaban J connectivity index is 2.20. The largest absolute Gasteiger partial charge is 0.497 e. The molecular weight excluding hydrogens is 204 g/mol. The maximum Gasteiger partial charge on any atom is 0.161 e. The Morgan fingerprint density at radius 2 is 1.93 bits per heavy atom. The lowest BCUT2D eigenvalue weighted by atomic mass is 10.1. The summed E-state index contributed by atoms with van der Waals surface area (Å²) in [5, 5.41) is 0. The van der Waals surface area contributed by atoms with Crippen LogP contribution >= 0.6 is 0 Å². The number of rotatable bonds is 7. The van der Waals surface area contributed by atoms with Crippen LogP contribution in [-0.4, -0.2) is 23.5 Å². The lowest BCUT2D eigenvalue weighted by molar-refractivity contribution is 0.359. The van der Waals surface area contributed by atoms with Crippen molar-refractivity contribution in [2.45, 2.75) is 25.8 Å². The zero-order chi connectivity index (χ0) is 10.9. The van der Waals surface area contributed by atoms with Gasteiger partial charge in [-0.3, -0.25) is 0 Å². The highest BCUT2D eigenvalue weighted by Crippen LogP contribution is 2.13. The fourth-order valence-corrected chi connectivity index (χ4v) is 2.42. The lowest BCUT2D eigenvalue weighted by Crippen LogP contribution is -1.98. The van der Waals surface area contributed by atoms with E-state index in [1.807, 2.05) is 12.1 Å². The molecule has 3 heteroatoms. The van der Waals surface area contributed by atoms with E-state index in [0.717, 1.165) is 18.8 Å². The smallest absolute Gasteiger partial charge is 0.161 e. The fourth-order valence-electron chi connectivity index (χ4n) is 1.47. The molecular formula is C12H20O2Si. The Morgan fingerprint density at radius 1 is 1.20 bits per heavy atom. The number of methoxy groups -OCH3 is 1. The van der Waals surface area contributed by atoms with E-state index in [2.05, 4.69) is 19.1 Å². The van der Waals surface area contributed by atoms with Crippen LogP contribution in [0.15, 0.2) is 24.3 Å². The van der Waals surface area contributed by atoms with Crippen molar-refractivity contribution in [1.29, 1.82) is 0 Å². The van der Waals surface area contributed by atoms with Crippen LogP contribution in [0.4, 0.5) is 0 Å². The van der Waals surface area contributed by atoms with Crippen LogP contribution in [0.2, 0.25) is 6.04 Å². The van der Waals surface area contributed by atoms with Crippen LogP contribution in [0, 0.1) is 0 Å². The summed E-state index contributed by atoms with van der Waals surface area (Å²) >= 11 is 0. The molecule has 0 fully saturated rings. The van der Waals surface area contributed by atoms with Gasteiger partial charge in [0.25, 0.3) is 0 Å². The molecule has 0 aromatic heterocycles. The zero-order valence-electron chi connectivity index (χ0n) is 9.66. The van der Waals surface area contributed by atoms with Crippen LogP contribution in [-0.2, 0) is 10.8 Å². The molecule has 0 spiro atoms. The molecule has 0 atom stereocenters. The van der Waals surface area contributed by atoms with Gasteiger partial charge in [0.2, 0.25) is 0 Å². The van der Waals surface area contributed by atoms with Crippen molar-refractivity contribution in [3.8, 4) is 5.75 Å². The van der Waals surface area contributed by atoms with Crippen LogP contribution < -0.4 is 4.74 Å². The Hall–Kier alpha value is -0.803. The molecule has 0 saturated carbocycles. The Bertz CT molecular complexity index is 259. The van der Waals surface area contributed by atoms with Crippen LogP contribution in [0.1, 0.15) is 18.9 Å². The van der Waals surface area contributed by atoms with Gasteiger partial charge in [-0.15, -0.1) is 0 Å². The van der Waals surface area contributed by atoms with Crippen molar-refractivity contribution < 1.29 is 9.16 Å². The zero-order valence-corrected chi connectivity index (χ0v) is 11.1. The van der Waals surface area contributed by atoms with Crippen molar-refractivity contribution in [3.05, 3.63) is 29.8 Å². The monoisotopic (exact) mass is 224 g/mol. The maximum atomic E-state index is 5.43. The lowest BCUT2D eigenvalue weighted by Gasteiger charge is -2.03. The first-order valence-electron chi connectivity index (χ1n) is 5.57. The van der Waals surface area contributed by atoms with Crippen molar-refractivity contribution in [3.63, 3.8) is 0 Å². The van der Waals surface area contributed by atoms with E-state index in [-0.39, 0.29) is 9.76 Å². The molecule has 0 amide bonds.